The van der Waals surface area contributed by atoms with Gasteiger partial charge in [0.25, 0.3) is 0 Å². The molecule has 1 radical (unpaired) electrons. The number of unbranched alkanes of at least 4 members (excludes halogenated alkanes) is 1. The molecular formula is C14H21NO2+. The minimum Gasteiger partial charge on any atom is -0.294 e. The summed E-state index contributed by atoms with van der Waals surface area (Å²) in [5, 5.41) is 0. The van der Waals surface area contributed by atoms with Crippen LogP contribution in [-0.2, 0) is 11.9 Å². The zero-order valence-corrected chi connectivity index (χ0v) is 10.9. The van der Waals surface area contributed by atoms with Crippen molar-refractivity contribution < 1.29 is 14.3 Å². The molecule has 0 spiro atoms. The summed E-state index contributed by atoms with van der Waals surface area (Å²) in [7, 11) is 1.96. The van der Waals surface area contributed by atoms with E-state index in [4.69, 9.17) is 9.78 Å². The fraction of sp³-hybridized carbons (Fsp3) is 0.500. The molecule has 93 valence electrons. The van der Waals surface area contributed by atoms with Crippen LogP contribution in [0.3, 0.4) is 0 Å². The van der Waals surface area contributed by atoms with Gasteiger partial charge in [0, 0.05) is 24.6 Å². The molecule has 1 aromatic heterocycles. The van der Waals surface area contributed by atoms with Crippen molar-refractivity contribution in [1.82, 2.24) is 0 Å². The third-order valence-electron chi connectivity index (χ3n) is 2.24. The average Bonchev–Trinajstić information content (AvgIpc) is 2.35. The van der Waals surface area contributed by atoms with Gasteiger partial charge >= 0.3 is 0 Å². The van der Waals surface area contributed by atoms with Crippen molar-refractivity contribution in [3.8, 4) is 5.75 Å². The SMILES string of the molecule is CCC[C]=C(CCC)OOc1cc[n+](C)cc1. The van der Waals surface area contributed by atoms with E-state index in [-0.39, 0.29) is 0 Å². The van der Waals surface area contributed by atoms with E-state index in [0.717, 1.165) is 31.4 Å². The van der Waals surface area contributed by atoms with Gasteiger partial charge in [0.2, 0.25) is 0 Å². The summed E-state index contributed by atoms with van der Waals surface area (Å²) in [5.41, 5.74) is 0. The lowest BCUT2D eigenvalue weighted by Gasteiger charge is -2.07. The molecule has 3 nitrogen and oxygen atoms in total. The van der Waals surface area contributed by atoms with Crippen LogP contribution in [0.1, 0.15) is 39.5 Å². The molecule has 17 heavy (non-hydrogen) atoms. The highest BCUT2D eigenvalue weighted by atomic mass is 17.2. The highest BCUT2D eigenvalue weighted by molar-refractivity contribution is 5.13. The van der Waals surface area contributed by atoms with Gasteiger partial charge in [0.15, 0.2) is 23.9 Å². The molecule has 0 amide bonds. The molecule has 0 fully saturated rings. The number of hydrogen-bond donors (Lipinski definition) is 0. The molecule has 0 saturated heterocycles. The van der Waals surface area contributed by atoms with Crippen molar-refractivity contribution in [3.63, 3.8) is 0 Å². The molecular weight excluding hydrogens is 214 g/mol. The predicted octanol–water partition coefficient (Wildman–Crippen LogP) is 3.11. The average molecular weight is 235 g/mol. The highest BCUT2D eigenvalue weighted by Gasteiger charge is 2.02. The summed E-state index contributed by atoms with van der Waals surface area (Å²) in [6.07, 6.45) is 10.9. The van der Waals surface area contributed by atoms with Gasteiger partial charge in [-0.05, 0) is 12.8 Å². The Morgan fingerprint density at radius 1 is 1.24 bits per heavy atom. The van der Waals surface area contributed by atoms with Crippen LogP contribution in [0.5, 0.6) is 5.75 Å². The van der Waals surface area contributed by atoms with Crippen LogP contribution in [0.15, 0.2) is 30.3 Å². The highest BCUT2D eigenvalue weighted by Crippen LogP contribution is 2.13. The van der Waals surface area contributed by atoms with Crippen LogP contribution in [-0.4, -0.2) is 0 Å². The smallest absolute Gasteiger partial charge is 0.190 e. The molecule has 0 aliphatic carbocycles. The lowest BCUT2D eigenvalue weighted by atomic mass is 10.2. The van der Waals surface area contributed by atoms with E-state index in [0.29, 0.717) is 5.75 Å². The van der Waals surface area contributed by atoms with E-state index in [9.17, 15) is 0 Å². The standard InChI is InChI=1S/C14H21NO2/c1-4-6-8-13(7-5-2)16-17-14-9-11-15(3)12-10-14/h9-12H,4-7H2,1-3H3/q+1. The normalized spacial score (nSPS) is 11.4. The Kier molecular flexibility index (Phi) is 6.15. The van der Waals surface area contributed by atoms with Crippen molar-refractivity contribution >= 4 is 0 Å². The van der Waals surface area contributed by atoms with E-state index in [1.807, 2.05) is 36.1 Å². The maximum atomic E-state index is 5.31. The molecule has 1 aromatic rings. The maximum Gasteiger partial charge on any atom is 0.190 e. The number of nitrogens with zero attached hydrogens (tertiary/aromatic N) is 1. The van der Waals surface area contributed by atoms with Gasteiger partial charge in [0.1, 0.15) is 7.05 Å². The zero-order chi connectivity index (χ0) is 12.5. The van der Waals surface area contributed by atoms with Gasteiger partial charge < -0.3 is 0 Å². The number of hydrogen-bond acceptors (Lipinski definition) is 2. The van der Waals surface area contributed by atoms with Crippen molar-refractivity contribution in [2.24, 2.45) is 7.05 Å². The van der Waals surface area contributed by atoms with Crippen molar-refractivity contribution in [3.05, 3.63) is 36.4 Å². The van der Waals surface area contributed by atoms with Crippen molar-refractivity contribution in [1.29, 1.82) is 0 Å². The molecule has 0 aromatic carbocycles. The fourth-order valence-electron chi connectivity index (χ4n) is 1.29. The number of allylic oxidation sites excluding steroid dienone is 2. The van der Waals surface area contributed by atoms with Gasteiger partial charge in [-0.2, -0.15) is 0 Å². The van der Waals surface area contributed by atoms with Gasteiger partial charge in [-0.25, -0.2) is 4.57 Å². The van der Waals surface area contributed by atoms with Gasteiger partial charge in [0.05, 0.1) is 0 Å². The summed E-state index contributed by atoms with van der Waals surface area (Å²) in [4.78, 5) is 10.6. The molecule has 0 bridgehead atoms. The molecule has 3 heteroatoms. The Morgan fingerprint density at radius 2 is 1.94 bits per heavy atom. The quantitative estimate of drug-likeness (QED) is 0.313. The maximum absolute atomic E-state index is 5.31. The number of pyridine rings is 1. The first-order chi connectivity index (χ1) is 8.26. The molecule has 1 rings (SSSR count). The Bertz CT molecular complexity index is 344. The Hall–Kier alpha value is -1.51. The van der Waals surface area contributed by atoms with E-state index in [1.165, 1.54) is 0 Å². The second kappa shape index (κ2) is 7.71. The third-order valence-corrected chi connectivity index (χ3v) is 2.24. The monoisotopic (exact) mass is 235 g/mol. The van der Waals surface area contributed by atoms with Crippen molar-refractivity contribution in [2.45, 2.75) is 39.5 Å². The predicted molar refractivity (Wildman–Crippen MR) is 65.9 cm³/mol. The van der Waals surface area contributed by atoms with Crippen LogP contribution >= 0.6 is 0 Å². The molecule has 0 atom stereocenters. The first-order valence-corrected chi connectivity index (χ1v) is 6.15. The lowest BCUT2D eigenvalue weighted by molar-refractivity contribution is -0.671. The second-order valence-electron chi connectivity index (χ2n) is 3.97. The second-order valence-corrected chi connectivity index (χ2v) is 3.97. The minimum absolute atomic E-state index is 0.704. The van der Waals surface area contributed by atoms with Gasteiger partial charge in [-0.3, -0.25) is 9.78 Å². The van der Waals surface area contributed by atoms with E-state index in [2.05, 4.69) is 19.9 Å². The fourth-order valence-corrected chi connectivity index (χ4v) is 1.29. The molecule has 0 saturated carbocycles. The largest absolute Gasteiger partial charge is 0.294 e. The lowest BCUT2D eigenvalue weighted by Crippen LogP contribution is -2.25. The molecule has 0 unspecified atom stereocenters. The number of aryl methyl sites for hydroxylation is 1. The summed E-state index contributed by atoms with van der Waals surface area (Å²) in [5.74, 6) is 1.50. The van der Waals surface area contributed by atoms with E-state index < -0.39 is 0 Å². The Balaban J connectivity index is 2.48. The zero-order valence-electron chi connectivity index (χ0n) is 10.9. The number of rotatable bonds is 7. The molecule has 1 heterocycles. The first-order valence-electron chi connectivity index (χ1n) is 6.15. The molecule has 0 aliphatic rings. The van der Waals surface area contributed by atoms with Crippen LogP contribution in [0, 0.1) is 6.08 Å². The summed E-state index contributed by atoms with van der Waals surface area (Å²) >= 11 is 0. The van der Waals surface area contributed by atoms with Crippen molar-refractivity contribution in [2.75, 3.05) is 0 Å². The summed E-state index contributed by atoms with van der Waals surface area (Å²) < 4.78 is 1.94. The number of aromatic nitrogens is 1. The Morgan fingerprint density at radius 3 is 2.53 bits per heavy atom. The first kappa shape index (κ1) is 13.6. The Labute approximate surface area is 104 Å². The van der Waals surface area contributed by atoms with E-state index in [1.54, 1.807) is 0 Å². The summed E-state index contributed by atoms with van der Waals surface area (Å²) in [6, 6.07) is 3.73. The van der Waals surface area contributed by atoms with Crippen LogP contribution in [0.25, 0.3) is 0 Å². The minimum atomic E-state index is 0.704. The van der Waals surface area contributed by atoms with Crippen LogP contribution in [0.2, 0.25) is 0 Å². The third kappa shape index (κ3) is 5.38. The van der Waals surface area contributed by atoms with E-state index >= 15 is 0 Å². The summed E-state index contributed by atoms with van der Waals surface area (Å²) in [6.45, 7) is 4.23. The van der Waals surface area contributed by atoms with Crippen LogP contribution in [0.4, 0.5) is 0 Å². The van der Waals surface area contributed by atoms with Gasteiger partial charge in [-0.15, -0.1) is 0 Å². The molecule has 0 N–H and O–H groups in total. The van der Waals surface area contributed by atoms with Crippen LogP contribution < -0.4 is 9.45 Å². The molecule has 0 aliphatic heterocycles. The van der Waals surface area contributed by atoms with Gasteiger partial charge in [-0.1, -0.05) is 20.3 Å². The topological polar surface area (TPSA) is 22.3 Å².